The molecule has 0 radical (unpaired) electrons. The highest BCUT2D eigenvalue weighted by Gasteiger charge is 2.23. The normalized spacial score (nSPS) is 12.8. The molecule has 46 heavy (non-hydrogen) atoms. The Hall–Kier alpha value is -5.79. The Bertz CT molecular complexity index is 1700. The molecule has 3 aromatic carbocycles. The fourth-order valence-electron chi connectivity index (χ4n) is 4.50. The maximum atomic E-state index is 12.1. The molecule has 0 aromatic heterocycles. The van der Waals surface area contributed by atoms with E-state index in [0.29, 0.717) is 42.3 Å². The van der Waals surface area contributed by atoms with Crippen LogP contribution in [0.5, 0.6) is 5.75 Å². The number of hydrogen-bond acceptors (Lipinski definition) is 11. The van der Waals surface area contributed by atoms with Gasteiger partial charge in [-0.05, 0) is 67.8 Å². The minimum absolute atomic E-state index is 0.0620. The van der Waals surface area contributed by atoms with Crippen LogP contribution < -0.4 is 15.0 Å². The predicted molar refractivity (Wildman–Crippen MR) is 172 cm³/mol. The zero-order chi connectivity index (χ0) is 33.2. The third kappa shape index (κ3) is 8.65. The number of aryl methyl sites for hydroxylation is 2. The number of nitrogens with one attached hydrogen (secondary N) is 1. The molecule has 0 saturated carbocycles. The van der Waals surface area contributed by atoms with Gasteiger partial charge in [0.15, 0.2) is 5.69 Å². The lowest BCUT2D eigenvalue weighted by molar-refractivity contribution is -0.384. The topological polar surface area (TPSA) is 172 Å². The van der Waals surface area contributed by atoms with Crippen molar-refractivity contribution < 1.29 is 24.0 Å². The van der Waals surface area contributed by atoms with E-state index < -0.39 is 16.7 Å². The summed E-state index contributed by atoms with van der Waals surface area (Å²) in [5.41, 5.74) is 4.06. The first-order valence-electron chi connectivity index (χ1n) is 14.4. The summed E-state index contributed by atoms with van der Waals surface area (Å²) >= 11 is 0. The summed E-state index contributed by atoms with van der Waals surface area (Å²) in [5.74, 6) is -0.595. The number of carbonyl (C=O) groups excluding carboxylic acids is 3. The monoisotopic (exact) mass is 626 g/mol. The first-order chi connectivity index (χ1) is 22.0. The van der Waals surface area contributed by atoms with Gasteiger partial charge >= 0.3 is 0 Å². The number of carbonyl (C=O) groups is 3. The molecule has 238 valence electrons. The van der Waals surface area contributed by atoms with Crippen molar-refractivity contribution in [2.24, 2.45) is 20.5 Å². The lowest BCUT2D eigenvalue weighted by Crippen LogP contribution is -2.35. The summed E-state index contributed by atoms with van der Waals surface area (Å²) in [6, 6.07) is 15.7. The number of nitro groups is 1. The molecular formula is C32H34N8O6. The molecule has 0 spiro atoms. The van der Waals surface area contributed by atoms with E-state index in [9.17, 15) is 24.5 Å². The van der Waals surface area contributed by atoms with E-state index in [0.717, 1.165) is 21.7 Å². The van der Waals surface area contributed by atoms with Crippen LogP contribution in [0.1, 0.15) is 24.0 Å². The zero-order valence-corrected chi connectivity index (χ0v) is 26.0. The molecule has 14 heteroatoms. The molecule has 1 heterocycles. The number of amides is 3. The molecule has 14 nitrogen and oxygen atoms in total. The summed E-state index contributed by atoms with van der Waals surface area (Å²) in [7, 11) is 3.45. The average Bonchev–Trinajstić information content (AvgIpc) is 3.37. The van der Waals surface area contributed by atoms with Gasteiger partial charge in [0.2, 0.25) is 5.91 Å². The largest absolute Gasteiger partial charge is 0.494 e. The molecule has 0 atom stereocenters. The number of anilines is 1. The molecule has 3 aromatic rings. The van der Waals surface area contributed by atoms with Crippen molar-refractivity contribution in [2.75, 3.05) is 38.7 Å². The van der Waals surface area contributed by atoms with E-state index in [1.807, 2.05) is 43.1 Å². The quantitative estimate of drug-likeness (QED) is 0.0718. The van der Waals surface area contributed by atoms with Crippen LogP contribution in [-0.4, -0.2) is 61.3 Å². The molecular weight excluding hydrogens is 592 g/mol. The standard InChI is InChI=1S/C32H34N8O6/c1-21-6-11-25(28(18-21)40(44)45)35-36-26-20-29(46-4)27(19-22(26)2)37-34-23-7-9-24(10-8-23)38(3)16-5-15-33-30(41)14-17-39-31(42)12-13-32(39)43/h6-13,18-20H,5,14-17H2,1-4H3,(H,33,41). The molecule has 4 rings (SSSR count). The number of hydrogen-bond donors (Lipinski definition) is 1. The number of nitro benzene ring substituents is 1. The van der Waals surface area contributed by atoms with Gasteiger partial charge in [0.05, 0.1) is 23.4 Å². The van der Waals surface area contributed by atoms with E-state index in [2.05, 4.69) is 25.8 Å². The lowest BCUT2D eigenvalue weighted by Gasteiger charge is -2.19. The third-order valence-electron chi connectivity index (χ3n) is 7.11. The first kappa shape index (κ1) is 33.1. The Balaban J connectivity index is 1.29. The Morgan fingerprint density at radius 1 is 0.935 bits per heavy atom. The van der Waals surface area contributed by atoms with E-state index >= 15 is 0 Å². The smallest absolute Gasteiger partial charge is 0.296 e. The summed E-state index contributed by atoms with van der Waals surface area (Å²) in [5, 5.41) is 31.2. The summed E-state index contributed by atoms with van der Waals surface area (Å²) in [4.78, 5) is 49.2. The van der Waals surface area contributed by atoms with E-state index in [1.165, 1.54) is 25.3 Å². The van der Waals surface area contributed by atoms with Crippen molar-refractivity contribution in [3.05, 3.63) is 88.0 Å². The second-order valence-electron chi connectivity index (χ2n) is 10.5. The van der Waals surface area contributed by atoms with Crippen LogP contribution in [0, 0.1) is 24.0 Å². The summed E-state index contributed by atoms with van der Waals surface area (Å²) < 4.78 is 5.49. The lowest BCUT2D eigenvalue weighted by atomic mass is 10.1. The molecule has 1 aliphatic rings. The number of methoxy groups -OCH3 is 1. The van der Waals surface area contributed by atoms with Crippen LogP contribution in [0.15, 0.2) is 87.2 Å². The van der Waals surface area contributed by atoms with Crippen LogP contribution in [-0.2, 0) is 14.4 Å². The van der Waals surface area contributed by atoms with Gasteiger partial charge in [-0.3, -0.25) is 29.4 Å². The molecule has 1 aliphatic heterocycles. The highest BCUT2D eigenvalue weighted by atomic mass is 16.6. The van der Waals surface area contributed by atoms with Crippen molar-refractivity contribution in [1.29, 1.82) is 0 Å². The average molecular weight is 627 g/mol. The van der Waals surface area contributed by atoms with Gasteiger partial charge in [0, 0.05) is 63.1 Å². The van der Waals surface area contributed by atoms with Crippen LogP contribution in [0.4, 0.5) is 34.1 Å². The van der Waals surface area contributed by atoms with Gasteiger partial charge < -0.3 is 15.0 Å². The van der Waals surface area contributed by atoms with E-state index in [4.69, 9.17) is 4.74 Å². The van der Waals surface area contributed by atoms with Crippen molar-refractivity contribution in [3.8, 4) is 5.75 Å². The van der Waals surface area contributed by atoms with Crippen molar-refractivity contribution >= 4 is 51.8 Å². The van der Waals surface area contributed by atoms with Gasteiger partial charge in [-0.2, -0.15) is 5.11 Å². The fraction of sp³-hybridized carbons (Fsp3) is 0.281. The molecule has 0 aliphatic carbocycles. The molecule has 1 N–H and O–H groups in total. The number of ether oxygens (including phenoxy) is 1. The second-order valence-corrected chi connectivity index (χ2v) is 10.5. The van der Waals surface area contributed by atoms with Gasteiger partial charge in [-0.25, -0.2) is 0 Å². The van der Waals surface area contributed by atoms with Gasteiger partial charge in [0.25, 0.3) is 17.5 Å². The number of azo groups is 2. The van der Waals surface area contributed by atoms with Gasteiger partial charge in [-0.1, -0.05) is 6.07 Å². The van der Waals surface area contributed by atoms with Crippen molar-refractivity contribution in [1.82, 2.24) is 10.2 Å². The molecule has 0 bridgehead atoms. The van der Waals surface area contributed by atoms with Gasteiger partial charge in [-0.15, -0.1) is 15.3 Å². The van der Waals surface area contributed by atoms with Crippen molar-refractivity contribution in [3.63, 3.8) is 0 Å². The van der Waals surface area contributed by atoms with Crippen molar-refractivity contribution in [2.45, 2.75) is 26.7 Å². The SMILES string of the molecule is COc1cc(N=Nc2ccc(C)cc2[N+](=O)[O-])c(C)cc1N=Nc1ccc(N(C)CCCNC(=O)CCN2C(=O)C=CC2=O)cc1. The molecule has 0 unspecified atom stereocenters. The Labute approximate surface area is 265 Å². The number of rotatable bonds is 14. The first-order valence-corrected chi connectivity index (χ1v) is 14.4. The summed E-state index contributed by atoms with van der Waals surface area (Å²) in [6.45, 7) is 4.80. The third-order valence-corrected chi connectivity index (χ3v) is 7.11. The van der Waals surface area contributed by atoms with E-state index in [1.54, 1.807) is 31.2 Å². The molecule has 0 fully saturated rings. The van der Waals surface area contributed by atoms with Gasteiger partial charge in [0.1, 0.15) is 11.4 Å². The van der Waals surface area contributed by atoms with Crippen LogP contribution >= 0.6 is 0 Å². The van der Waals surface area contributed by atoms with Crippen LogP contribution in [0.2, 0.25) is 0 Å². The number of imide groups is 1. The maximum Gasteiger partial charge on any atom is 0.296 e. The Morgan fingerprint density at radius 2 is 1.61 bits per heavy atom. The Morgan fingerprint density at radius 3 is 2.28 bits per heavy atom. The van der Waals surface area contributed by atoms with E-state index in [-0.39, 0.29) is 30.2 Å². The minimum Gasteiger partial charge on any atom is -0.494 e. The summed E-state index contributed by atoms with van der Waals surface area (Å²) in [6.07, 6.45) is 3.16. The second kappa shape index (κ2) is 15.3. The molecule has 0 saturated heterocycles. The zero-order valence-electron chi connectivity index (χ0n) is 26.0. The Kier molecular flexibility index (Phi) is 11.0. The minimum atomic E-state index is -0.487. The molecule has 3 amide bonds. The number of benzene rings is 3. The predicted octanol–water partition coefficient (Wildman–Crippen LogP) is 6.31. The highest BCUT2D eigenvalue weighted by molar-refractivity contribution is 6.13. The van der Waals surface area contributed by atoms with Crippen LogP contribution in [0.25, 0.3) is 0 Å². The van der Waals surface area contributed by atoms with Crippen LogP contribution in [0.3, 0.4) is 0 Å². The maximum absolute atomic E-state index is 12.1. The highest BCUT2D eigenvalue weighted by Crippen LogP contribution is 2.37. The number of nitrogens with zero attached hydrogens (tertiary/aromatic N) is 7. The fourth-order valence-corrected chi connectivity index (χ4v) is 4.50.